The maximum Gasteiger partial charge on any atom is 0.193 e. The minimum absolute atomic E-state index is 0.0514. The Hall–Kier alpha value is -2.59. The second-order valence-electron chi connectivity index (χ2n) is 6.78. The zero-order valence-electron chi connectivity index (χ0n) is 14.7. The van der Waals surface area contributed by atoms with Crippen molar-refractivity contribution >= 4 is 11.0 Å². The molecule has 1 aromatic heterocycles. The van der Waals surface area contributed by atoms with E-state index in [0.717, 1.165) is 18.5 Å². The molecular formula is C22H23NO3. The molecule has 1 fully saturated rings. The highest BCUT2D eigenvalue weighted by Gasteiger charge is 2.12. The second-order valence-corrected chi connectivity index (χ2v) is 6.78. The summed E-state index contributed by atoms with van der Waals surface area (Å²) in [5, 5.41) is 4.07. The summed E-state index contributed by atoms with van der Waals surface area (Å²) in [4.78, 5) is 12.5. The molecule has 2 aromatic carbocycles. The fraction of sp³-hybridized carbons (Fsp3) is 0.318. The molecule has 1 aliphatic heterocycles. The van der Waals surface area contributed by atoms with E-state index < -0.39 is 0 Å². The van der Waals surface area contributed by atoms with Crippen LogP contribution >= 0.6 is 0 Å². The van der Waals surface area contributed by atoms with Crippen LogP contribution in [0.2, 0.25) is 0 Å². The van der Waals surface area contributed by atoms with Crippen LogP contribution in [0.4, 0.5) is 0 Å². The SMILES string of the molecule is O=c1cc(-c2ccccc2)oc2ccc(OCCC3CCCCN3)cc12. The quantitative estimate of drug-likeness (QED) is 0.743. The molecule has 1 unspecified atom stereocenters. The molecule has 2 heterocycles. The summed E-state index contributed by atoms with van der Waals surface area (Å²) in [5.74, 6) is 1.30. The van der Waals surface area contributed by atoms with Crippen molar-refractivity contribution in [2.75, 3.05) is 13.2 Å². The van der Waals surface area contributed by atoms with Crippen LogP contribution in [0.1, 0.15) is 25.7 Å². The largest absolute Gasteiger partial charge is 0.494 e. The Kier molecular flexibility index (Phi) is 5.02. The molecule has 0 saturated carbocycles. The van der Waals surface area contributed by atoms with Crippen molar-refractivity contribution in [3.63, 3.8) is 0 Å². The topological polar surface area (TPSA) is 51.5 Å². The third-order valence-electron chi connectivity index (χ3n) is 4.90. The Morgan fingerprint density at radius 3 is 2.77 bits per heavy atom. The predicted molar refractivity (Wildman–Crippen MR) is 104 cm³/mol. The van der Waals surface area contributed by atoms with E-state index in [1.807, 2.05) is 42.5 Å². The van der Waals surface area contributed by atoms with Crippen molar-refractivity contribution in [3.8, 4) is 17.1 Å². The predicted octanol–water partition coefficient (Wildman–Crippen LogP) is 4.37. The number of fused-ring (bicyclic) bond motifs is 1. The summed E-state index contributed by atoms with van der Waals surface area (Å²) in [5.41, 5.74) is 1.42. The standard InChI is InChI=1S/C22H23NO3/c24-20-15-22(16-6-2-1-3-7-16)26-21-10-9-18(14-19(20)21)25-13-11-17-8-4-5-12-23-17/h1-3,6-7,9-10,14-15,17,23H,4-5,8,11-13H2. The van der Waals surface area contributed by atoms with Crippen molar-refractivity contribution in [2.24, 2.45) is 0 Å². The number of ether oxygens (including phenoxy) is 1. The summed E-state index contributed by atoms with van der Waals surface area (Å²) in [6.07, 6.45) is 4.76. The van der Waals surface area contributed by atoms with Gasteiger partial charge in [0.2, 0.25) is 0 Å². The first-order chi connectivity index (χ1) is 12.8. The van der Waals surface area contributed by atoms with Crippen LogP contribution in [0.5, 0.6) is 5.75 Å². The maximum atomic E-state index is 12.5. The average molecular weight is 349 g/mol. The van der Waals surface area contributed by atoms with Gasteiger partial charge in [0.15, 0.2) is 5.43 Å². The van der Waals surface area contributed by atoms with Gasteiger partial charge in [-0.2, -0.15) is 0 Å². The van der Waals surface area contributed by atoms with Crippen LogP contribution < -0.4 is 15.5 Å². The summed E-state index contributed by atoms with van der Waals surface area (Å²) in [6.45, 7) is 1.75. The molecule has 0 aliphatic carbocycles. The van der Waals surface area contributed by atoms with E-state index in [0.29, 0.717) is 35.1 Å². The van der Waals surface area contributed by atoms with E-state index in [2.05, 4.69) is 5.32 Å². The highest BCUT2D eigenvalue weighted by molar-refractivity contribution is 5.80. The van der Waals surface area contributed by atoms with Gasteiger partial charge in [0.25, 0.3) is 0 Å². The monoisotopic (exact) mass is 349 g/mol. The van der Waals surface area contributed by atoms with Gasteiger partial charge < -0.3 is 14.5 Å². The molecule has 1 aliphatic rings. The van der Waals surface area contributed by atoms with Crippen LogP contribution in [-0.4, -0.2) is 19.2 Å². The Morgan fingerprint density at radius 1 is 1.08 bits per heavy atom. The summed E-state index contributed by atoms with van der Waals surface area (Å²) >= 11 is 0. The fourth-order valence-corrected chi connectivity index (χ4v) is 3.46. The van der Waals surface area contributed by atoms with Gasteiger partial charge in [0.1, 0.15) is 17.1 Å². The van der Waals surface area contributed by atoms with Gasteiger partial charge in [0.05, 0.1) is 12.0 Å². The van der Waals surface area contributed by atoms with Crippen LogP contribution in [-0.2, 0) is 0 Å². The van der Waals surface area contributed by atoms with Crippen molar-refractivity contribution in [1.29, 1.82) is 0 Å². The third kappa shape index (κ3) is 3.81. The fourth-order valence-electron chi connectivity index (χ4n) is 3.46. The van der Waals surface area contributed by atoms with Gasteiger partial charge in [-0.25, -0.2) is 0 Å². The lowest BCUT2D eigenvalue weighted by Crippen LogP contribution is -2.35. The zero-order chi connectivity index (χ0) is 17.8. The molecule has 1 saturated heterocycles. The molecule has 26 heavy (non-hydrogen) atoms. The van der Waals surface area contributed by atoms with E-state index in [4.69, 9.17) is 9.15 Å². The number of nitrogens with one attached hydrogen (secondary N) is 1. The lowest BCUT2D eigenvalue weighted by Gasteiger charge is -2.23. The number of piperidine rings is 1. The van der Waals surface area contributed by atoms with Crippen molar-refractivity contribution in [2.45, 2.75) is 31.7 Å². The van der Waals surface area contributed by atoms with Crippen molar-refractivity contribution in [3.05, 3.63) is 64.8 Å². The molecule has 4 nitrogen and oxygen atoms in total. The molecule has 3 aromatic rings. The molecule has 1 N–H and O–H groups in total. The highest BCUT2D eigenvalue weighted by atomic mass is 16.5. The zero-order valence-corrected chi connectivity index (χ0v) is 14.7. The molecule has 0 bridgehead atoms. The van der Waals surface area contributed by atoms with E-state index in [1.165, 1.54) is 19.3 Å². The number of rotatable bonds is 5. The second kappa shape index (κ2) is 7.75. The molecule has 4 rings (SSSR count). The Labute approximate surface area is 152 Å². The van der Waals surface area contributed by atoms with Crippen LogP contribution in [0.15, 0.2) is 63.8 Å². The first-order valence-corrected chi connectivity index (χ1v) is 9.29. The third-order valence-corrected chi connectivity index (χ3v) is 4.90. The Morgan fingerprint density at radius 2 is 1.96 bits per heavy atom. The van der Waals surface area contributed by atoms with Crippen LogP contribution in [0, 0.1) is 0 Å². The van der Waals surface area contributed by atoms with Crippen molar-refractivity contribution in [1.82, 2.24) is 5.32 Å². The van der Waals surface area contributed by atoms with E-state index in [-0.39, 0.29) is 5.43 Å². The van der Waals surface area contributed by atoms with Gasteiger partial charge in [-0.3, -0.25) is 4.79 Å². The lowest BCUT2D eigenvalue weighted by atomic mass is 10.0. The molecule has 0 amide bonds. The minimum Gasteiger partial charge on any atom is -0.494 e. The summed E-state index contributed by atoms with van der Waals surface area (Å²) in [7, 11) is 0. The van der Waals surface area contributed by atoms with Gasteiger partial charge in [-0.1, -0.05) is 36.8 Å². The normalized spacial score (nSPS) is 17.3. The van der Waals surface area contributed by atoms with E-state index in [1.54, 1.807) is 12.1 Å². The molecule has 1 atom stereocenters. The van der Waals surface area contributed by atoms with Gasteiger partial charge >= 0.3 is 0 Å². The van der Waals surface area contributed by atoms with E-state index >= 15 is 0 Å². The van der Waals surface area contributed by atoms with Crippen LogP contribution in [0.3, 0.4) is 0 Å². The molecule has 134 valence electrons. The first-order valence-electron chi connectivity index (χ1n) is 9.29. The number of hydrogen-bond donors (Lipinski definition) is 1. The van der Waals surface area contributed by atoms with Crippen molar-refractivity contribution < 1.29 is 9.15 Å². The Bertz CT molecular complexity index is 927. The average Bonchev–Trinajstić information content (AvgIpc) is 2.70. The van der Waals surface area contributed by atoms with Gasteiger partial charge in [-0.05, 0) is 44.0 Å². The molecular weight excluding hydrogens is 326 g/mol. The molecule has 4 heteroatoms. The van der Waals surface area contributed by atoms with Crippen LogP contribution in [0.25, 0.3) is 22.3 Å². The Balaban J connectivity index is 1.50. The van der Waals surface area contributed by atoms with Gasteiger partial charge in [0, 0.05) is 17.7 Å². The number of hydrogen-bond acceptors (Lipinski definition) is 4. The molecule has 0 radical (unpaired) electrons. The lowest BCUT2D eigenvalue weighted by molar-refractivity contribution is 0.268. The maximum absolute atomic E-state index is 12.5. The minimum atomic E-state index is -0.0514. The smallest absolute Gasteiger partial charge is 0.193 e. The summed E-state index contributed by atoms with van der Waals surface area (Å²) < 4.78 is 11.8. The number of benzene rings is 2. The molecule has 0 spiro atoms. The first kappa shape index (κ1) is 16.9. The summed E-state index contributed by atoms with van der Waals surface area (Å²) in [6, 6.07) is 17.2. The van der Waals surface area contributed by atoms with Gasteiger partial charge in [-0.15, -0.1) is 0 Å². The van der Waals surface area contributed by atoms with E-state index in [9.17, 15) is 4.79 Å². The highest BCUT2D eigenvalue weighted by Crippen LogP contribution is 2.24.